The number of ketones is 2. The summed E-state index contributed by atoms with van der Waals surface area (Å²) < 4.78 is 0. The first-order chi connectivity index (χ1) is 12.3. The molecule has 0 amide bonds. The molecule has 0 saturated heterocycles. The third-order valence-electron chi connectivity index (χ3n) is 4.05. The Labute approximate surface area is 157 Å². The fourth-order valence-corrected chi connectivity index (χ4v) is 2.30. The van der Waals surface area contributed by atoms with Gasteiger partial charge in [-0.25, -0.2) is 0 Å². The van der Waals surface area contributed by atoms with Crippen LogP contribution < -0.4 is 9.80 Å². The fraction of sp³-hybridized carbons (Fsp3) is 0.364. The van der Waals surface area contributed by atoms with Crippen LogP contribution in [0.3, 0.4) is 0 Å². The number of hydrogen-bond acceptors (Lipinski definition) is 4. The average molecular weight is 354 g/mol. The van der Waals surface area contributed by atoms with Crippen LogP contribution in [0.1, 0.15) is 47.4 Å². The number of Topliss-reactive ketones (excluding diaryl/α,β-unsaturated/α-hetero) is 2. The van der Waals surface area contributed by atoms with Crippen LogP contribution in [0.4, 0.5) is 11.4 Å². The molecule has 0 unspecified atom stereocenters. The van der Waals surface area contributed by atoms with Crippen molar-refractivity contribution in [1.29, 1.82) is 0 Å². The summed E-state index contributed by atoms with van der Waals surface area (Å²) in [7, 11) is 7.93. The molecule has 0 radical (unpaired) electrons. The Kier molecular flexibility index (Phi) is 8.56. The molecule has 4 nitrogen and oxygen atoms in total. The van der Waals surface area contributed by atoms with Crippen molar-refractivity contribution in [3.8, 4) is 0 Å². The van der Waals surface area contributed by atoms with E-state index in [1.807, 2.05) is 100 Å². The molecule has 0 aliphatic heterocycles. The molecule has 0 bridgehead atoms. The van der Waals surface area contributed by atoms with Gasteiger partial charge in [-0.15, -0.1) is 0 Å². The van der Waals surface area contributed by atoms with Crippen LogP contribution in [0.25, 0.3) is 0 Å². The summed E-state index contributed by atoms with van der Waals surface area (Å²) in [6.07, 6.45) is 1.14. The van der Waals surface area contributed by atoms with Gasteiger partial charge in [-0.05, 0) is 48.5 Å². The highest BCUT2D eigenvalue weighted by Gasteiger charge is 2.03. The van der Waals surface area contributed by atoms with Crippen molar-refractivity contribution in [3.63, 3.8) is 0 Å². The van der Waals surface area contributed by atoms with Crippen LogP contribution in [-0.2, 0) is 0 Å². The Bertz CT molecular complexity index is 638. The minimum atomic E-state index is 0.199. The lowest BCUT2D eigenvalue weighted by Gasteiger charge is -2.12. The highest BCUT2D eigenvalue weighted by Crippen LogP contribution is 2.14. The lowest BCUT2D eigenvalue weighted by molar-refractivity contribution is 0.0980. The molecule has 0 spiro atoms. The van der Waals surface area contributed by atoms with Crippen LogP contribution in [-0.4, -0.2) is 39.8 Å². The number of benzene rings is 2. The summed E-state index contributed by atoms with van der Waals surface area (Å²) in [4.78, 5) is 26.6. The first kappa shape index (κ1) is 21.4. The molecule has 4 heteroatoms. The van der Waals surface area contributed by atoms with Crippen LogP contribution in [0.5, 0.6) is 0 Å². The molecule has 26 heavy (non-hydrogen) atoms. The SMILES string of the molecule is CCC(=O)c1ccc(N(C)C)cc1.CCC(=O)c1ccc(N(C)C)cc1. The van der Waals surface area contributed by atoms with E-state index in [0.29, 0.717) is 12.8 Å². The van der Waals surface area contributed by atoms with Crippen molar-refractivity contribution in [3.05, 3.63) is 59.7 Å². The predicted molar refractivity (Wildman–Crippen MR) is 111 cm³/mol. The molecular formula is C22H30N2O2. The van der Waals surface area contributed by atoms with E-state index in [2.05, 4.69) is 0 Å². The lowest BCUT2D eigenvalue weighted by atomic mass is 10.1. The van der Waals surface area contributed by atoms with E-state index in [4.69, 9.17) is 0 Å². The van der Waals surface area contributed by atoms with Gasteiger partial charge in [0.2, 0.25) is 0 Å². The maximum atomic E-state index is 11.3. The minimum Gasteiger partial charge on any atom is -0.378 e. The summed E-state index contributed by atoms with van der Waals surface area (Å²) in [6, 6.07) is 15.3. The van der Waals surface area contributed by atoms with Crippen LogP contribution in [0.2, 0.25) is 0 Å². The average Bonchev–Trinajstić information content (AvgIpc) is 2.67. The molecule has 0 saturated carbocycles. The summed E-state index contributed by atoms with van der Waals surface area (Å²) in [5.41, 5.74) is 3.83. The Morgan fingerprint density at radius 1 is 0.615 bits per heavy atom. The molecule has 2 rings (SSSR count). The van der Waals surface area contributed by atoms with Crippen molar-refractivity contribution in [2.75, 3.05) is 38.0 Å². The number of rotatable bonds is 6. The molecule has 2 aromatic carbocycles. The second-order valence-electron chi connectivity index (χ2n) is 6.44. The number of nitrogens with zero attached hydrogens (tertiary/aromatic N) is 2. The highest BCUT2D eigenvalue weighted by atomic mass is 16.1. The highest BCUT2D eigenvalue weighted by molar-refractivity contribution is 5.96. The lowest BCUT2D eigenvalue weighted by Crippen LogP contribution is -2.08. The van der Waals surface area contributed by atoms with Gasteiger partial charge < -0.3 is 9.80 Å². The van der Waals surface area contributed by atoms with E-state index >= 15 is 0 Å². The molecule has 140 valence electrons. The van der Waals surface area contributed by atoms with Crippen molar-refractivity contribution in [1.82, 2.24) is 0 Å². The van der Waals surface area contributed by atoms with Crippen molar-refractivity contribution in [2.24, 2.45) is 0 Å². The van der Waals surface area contributed by atoms with E-state index in [0.717, 1.165) is 22.5 Å². The van der Waals surface area contributed by atoms with E-state index < -0.39 is 0 Å². The van der Waals surface area contributed by atoms with E-state index in [9.17, 15) is 9.59 Å². The molecule has 0 heterocycles. The maximum absolute atomic E-state index is 11.3. The molecule has 0 N–H and O–H groups in total. The molecular weight excluding hydrogens is 324 g/mol. The normalized spacial score (nSPS) is 9.77. The summed E-state index contributed by atoms with van der Waals surface area (Å²) in [6.45, 7) is 3.75. The van der Waals surface area contributed by atoms with Crippen molar-refractivity contribution >= 4 is 22.9 Å². The van der Waals surface area contributed by atoms with E-state index in [1.165, 1.54) is 0 Å². The monoisotopic (exact) mass is 354 g/mol. The van der Waals surface area contributed by atoms with Gasteiger partial charge in [0.25, 0.3) is 0 Å². The summed E-state index contributed by atoms with van der Waals surface area (Å²) in [5, 5.41) is 0. The standard InChI is InChI=1S/2C11H15NO/c2*1-4-11(13)9-5-7-10(8-6-9)12(2)3/h2*5-8H,4H2,1-3H3. The predicted octanol–water partition coefficient (Wildman–Crippen LogP) is 4.69. The number of carbonyl (C=O) groups excluding carboxylic acids is 2. The first-order valence-electron chi connectivity index (χ1n) is 8.91. The zero-order valence-electron chi connectivity index (χ0n) is 16.7. The van der Waals surface area contributed by atoms with Crippen LogP contribution >= 0.6 is 0 Å². The molecule has 0 atom stereocenters. The summed E-state index contributed by atoms with van der Waals surface area (Å²) in [5.74, 6) is 0.399. The van der Waals surface area contributed by atoms with E-state index in [1.54, 1.807) is 0 Å². The molecule has 2 aromatic rings. The Morgan fingerprint density at radius 3 is 1.08 bits per heavy atom. The third-order valence-corrected chi connectivity index (χ3v) is 4.05. The largest absolute Gasteiger partial charge is 0.378 e. The molecule has 0 aliphatic carbocycles. The van der Waals surface area contributed by atoms with Crippen LogP contribution in [0.15, 0.2) is 48.5 Å². The second kappa shape index (κ2) is 10.4. The smallest absolute Gasteiger partial charge is 0.162 e. The number of anilines is 2. The van der Waals surface area contributed by atoms with Gasteiger partial charge in [-0.2, -0.15) is 0 Å². The first-order valence-corrected chi connectivity index (χ1v) is 8.91. The maximum Gasteiger partial charge on any atom is 0.162 e. The minimum absolute atomic E-state index is 0.199. The van der Waals surface area contributed by atoms with E-state index in [-0.39, 0.29) is 11.6 Å². The van der Waals surface area contributed by atoms with Crippen molar-refractivity contribution in [2.45, 2.75) is 26.7 Å². The van der Waals surface area contributed by atoms with Gasteiger partial charge in [0.05, 0.1) is 0 Å². The molecule has 0 fully saturated rings. The molecule has 0 aromatic heterocycles. The van der Waals surface area contributed by atoms with Gasteiger partial charge in [0.1, 0.15) is 0 Å². The van der Waals surface area contributed by atoms with Gasteiger partial charge in [0, 0.05) is 63.5 Å². The number of carbonyl (C=O) groups is 2. The zero-order valence-corrected chi connectivity index (χ0v) is 16.7. The molecule has 0 aliphatic rings. The Balaban J connectivity index is 0.000000260. The van der Waals surface area contributed by atoms with Gasteiger partial charge in [-0.1, -0.05) is 13.8 Å². The topological polar surface area (TPSA) is 40.6 Å². The second-order valence-corrected chi connectivity index (χ2v) is 6.44. The van der Waals surface area contributed by atoms with Gasteiger partial charge in [0.15, 0.2) is 11.6 Å². The fourth-order valence-electron chi connectivity index (χ4n) is 2.30. The quantitative estimate of drug-likeness (QED) is 0.706. The number of hydrogen-bond donors (Lipinski definition) is 0. The third kappa shape index (κ3) is 6.36. The van der Waals surface area contributed by atoms with Crippen LogP contribution in [0, 0.1) is 0 Å². The van der Waals surface area contributed by atoms with Crippen molar-refractivity contribution < 1.29 is 9.59 Å². The Morgan fingerprint density at radius 2 is 0.885 bits per heavy atom. The Hall–Kier alpha value is -2.62. The zero-order chi connectivity index (χ0) is 19.7. The van der Waals surface area contributed by atoms with Gasteiger partial charge >= 0.3 is 0 Å². The summed E-state index contributed by atoms with van der Waals surface area (Å²) >= 11 is 0. The van der Waals surface area contributed by atoms with Gasteiger partial charge in [-0.3, -0.25) is 9.59 Å².